The maximum absolute atomic E-state index is 13.2. The van der Waals surface area contributed by atoms with E-state index in [1.165, 1.54) is 0 Å². The van der Waals surface area contributed by atoms with Gasteiger partial charge in [0, 0.05) is 32.3 Å². The second kappa shape index (κ2) is 9.68. The van der Waals surface area contributed by atoms with Crippen LogP contribution in [-0.2, 0) is 9.53 Å². The van der Waals surface area contributed by atoms with Gasteiger partial charge in [0.25, 0.3) is 5.91 Å². The lowest BCUT2D eigenvalue weighted by Crippen LogP contribution is -2.39. The number of para-hydroxylation sites is 1. The van der Waals surface area contributed by atoms with Gasteiger partial charge in [-0.15, -0.1) is 0 Å². The lowest BCUT2D eigenvalue weighted by molar-refractivity contribution is -0.114. The number of benzene rings is 2. The topological polar surface area (TPSA) is 64.1 Å². The Hall–Kier alpha value is -2.94. The standard InChI is InChI=1S/C24H25N3O4S/c28-23(9-7-18-6-8-20-21(16-18)31-17-30-20)27(11-3-10-26-12-14-29-15-13-26)24-25-19-4-1-2-5-22(19)32-24/h1-2,4-9,16H,3,10-15,17H2/b9-7+. The van der Waals surface area contributed by atoms with Crippen molar-refractivity contribution in [1.82, 2.24) is 9.88 Å². The summed E-state index contributed by atoms with van der Waals surface area (Å²) in [6.07, 6.45) is 4.30. The summed E-state index contributed by atoms with van der Waals surface area (Å²) in [6, 6.07) is 13.6. The molecule has 2 aromatic carbocycles. The second-order valence-corrected chi connectivity index (χ2v) is 8.72. The Bertz CT molecular complexity index is 1090. The second-order valence-electron chi connectivity index (χ2n) is 7.71. The smallest absolute Gasteiger partial charge is 0.252 e. The Morgan fingerprint density at radius 1 is 1.12 bits per heavy atom. The van der Waals surface area contributed by atoms with Crippen LogP contribution >= 0.6 is 11.3 Å². The summed E-state index contributed by atoms with van der Waals surface area (Å²) in [5, 5.41) is 0.730. The zero-order chi connectivity index (χ0) is 21.8. The third-order valence-corrected chi connectivity index (χ3v) is 6.61. The summed E-state index contributed by atoms with van der Waals surface area (Å²) in [7, 11) is 0. The third-order valence-electron chi connectivity index (χ3n) is 5.55. The van der Waals surface area contributed by atoms with Gasteiger partial charge in [-0.05, 0) is 42.3 Å². The first-order chi connectivity index (χ1) is 15.8. The van der Waals surface area contributed by atoms with Crippen molar-refractivity contribution in [3.8, 4) is 11.5 Å². The molecule has 0 aliphatic carbocycles. The molecular formula is C24H25N3O4S. The minimum absolute atomic E-state index is 0.0799. The van der Waals surface area contributed by atoms with Crippen LogP contribution in [0.15, 0.2) is 48.5 Å². The molecule has 3 aromatic rings. The van der Waals surface area contributed by atoms with Crippen molar-refractivity contribution in [2.24, 2.45) is 0 Å². The van der Waals surface area contributed by atoms with Crippen LogP contribution in [0.25, 0.3) is 16.3 Å². The van der Waals surface area contributed by atoms with Crippen LogP contribution in [0.1, 0.15) is 12.0 Å². The fourth-order valence-corrected chi connectivity index (χ4v) is 4.82. The molecule has 2 aliphatic rings. The number of carbonyl (C=O) groups is 1. The number of ether oxygens (including phenoxy) is 3. The number of rotatable bonds is 7. The van der Waals surface area contributed by atoms with Gasteiger partial charge in [0.2, 0.25) is 6.79 Å². The monoisotopic (exact) mass is 451 g/mol. The molecule has 0 bridgehead atoms. The lowest BCUT2D eigenvalue weighted by Gasteiger charge is -2.27. The summed E-state index contributed by atoms with van der Waals surface area (Å²) in [5.41, 5.74) is 1.80. The summed E-state index contributed by atoms with van der Waals surface area (Å²) in [5.74, 6) is 1.35. The SMILES string of the molecule is O=C(/C=C/c1ccc2c(c1)OCO2)N(CCCN1CCOCC1)c1nc2ccccc2s1. The fourth-order valence-electron chi connectivity index (χ4n) is 3.83. The highest BCUT2D eigenvalue weighted by atomic mass is 32.1. The molecule has 3 heterocycles. The van der Waals surface area contributed by atoms with E-state index in [4.69, 9.17) is 19.2 Å². The van der Waals surface area contributed by atoms with E-state index >= 15 is 0 Å². The summed E-state index contributed by atoms with van der Waals surface area (Å²) in [4.78, 5) is 22.1. The Kier molecular flexibility index (Phi) is 6.34. The molecule has 1 fully saturated rings. The minimum atomic E-state index is -0.0799. The largest absolute Gasteiger partial charge is 0.454 e. The molecule has 1 saturated heterocycles. The van der Waals surface area contributed by atoms with Crippen molar-refractivity contribution in [2.45, 2.75) is 6.42 Å². The van der Waals surface area contributed by atoms with Crippen LogP contribution in [0.2, 0.25) is 0 Å². The minimum Gasteiger partial charge on any atom is -0.454 e. The number of hydrogen-bond acceptors (Lipinski definition) is 7. The summed E-state index contributed by atoms with van der Waals surface area (Å²) >= 11 is 1.55. The van der Waals surface area contributed by atoms with Crippen LogP contribution in [0.4, 0.5) is 5.13 Å². The molecule has 0 unspecified atom stereocenters. The fraction of sp³-hybridized carbons (Fsp3) is 0.333. The predicted molar refractivity (Wildman–Crippen MR) is 125 cm³/mol. The van der Waals surface area contributed by atoms with E-state index in [0.717, 1.165) is 65.9 Å². The first-order valence-electron chi connectivity index (χ1n) is 10.8. The predicted octanol–water partition coefficient (Wildman–Crippen LogP) is 3.79. The zero-order valence-corrected chi connectivity index (χ0v) is 18.6. The highest BCUT2D eigenvalue weighted by molar-refractivity contribution is 7.22. The van der Waals surface area contributed by atoms with Crippen LogP contribution in [-0.4, -0.2) is 62.0 Å². The first kappa shape index (κ1) is 20.9. The molecule has 5 rings (SSSR count). The average molecular weight is 452 g/mol. The van der Waals surface area contributed by atoms with Crippen molar-refractivity contribution in [3.05, 3.63) is 54.1 Å². The van der Waals surface area contributed by atoms with Gasteiger partial charge in [0.1, 0.15) is 0 Å². The normalized spacial score (nSPS) is 16.1. The van der Waals surface area contributed by atoms with Crippen LogP contribution < -0.4 is 14.4 Å². The molecular weight excluding hydrogens is 426 g/mol. The molecule has 0 radical (unpaired) electrons. The van der Waals surface area contributed by atoms with E-state index < -0.39 is 0 Å². The molecule has 0 spiro atoms. The van der Waals surface area contributed by atoms with Crippen LogP contribution in [0.5, 0.6) is 11.5 Å². The molecule has 32 heavy (non-hydrogen) atoms. The number of hydrogen-bond donors (Lipinski definition) is 0. The third kappa shape index (κ3) is 4.77. The van der Waals surface area contributed by atoms with E-state index in [1.807, 2.05) is 48.5 Å². The summed E-state index contributed by atoms with van der Waals surface area (Å²) < 4.78 is 17.3. The van der Waals surface area contributed by atoms with Gasteiger partial charge in [-0.3, -0.25) is 14.6 Å². The Balaban J connectivity index is 1.32. The van der Waals surface area contributed by atoms with Crippen LogP contribution in [0, 0.1) is 0 Å². The summed E-state index contributed by atoms with van der Waals surface area (Å²) in [6.45, 7) is 5.22. The highest BCUT2D eigenvalue weighted by Crippen LogP contribution is 2.33. The van der Waals surface area contributed by atoms with Crippen molar-refractivity contribution in [3.63, 3.8) is 0 Å². The van der Waals surface area contributed by atoms with Gasteiger partial charge in [0.15, 0.2) is 16.6 Å². The molecule has 0 N–H and O–H groups in total. The molecule has 8 heteroatoms. The van der Waals surface area contributed by atoms with E-state index in [9.17, 15) is 4.79 Å². The highest BCUT2D eigenvalue weighted by Gasteiger charge is 2.19. The molecule has 7 nitrogen and oxygen atoms in total. The van der Waals surface area contributed by atoms with E-state index in [0.29, 0.717) is 12.3 Å². The number of carbonyl (C=O) groups excluding carboxylic acids is 1. The van der Waals surface area contributed by atoms with E-state index in [1.54, 1.807) is 22.3 Å². The van der Waals surface area contributed by atoms with Gasteiger partial charge in [-0.2, -0.15) is 0 Å². The molecule has 2 aliphatic heterocycles. The molecule has 1 aromatic heterocycles. The van der Waals surface area contributed by atoms with Crippen molar-refractivity contribution >= 4 is 38.7 Å². The number of fused-ring (bicyclic) bond motifs is 2. The van der Waals surface area contributed by atoms with Gasteiger partial charge >= 0.3 is 0 Å². The van der Waals surface area contributed by atoms with Gasteiger partial charge in [-0.1, -0.05) is 29.5 Å². The molecule has 166 valence electrons. The molecule has 0 saturated carbocycles. The van der Waals surface area contributed by atoms with Crippen molar-refractivity contribution < 1.29 is 19.0 Å². The quantitative estimate of drug-likeness (QED) is 0.509. The number of thiazole rings is 1. The maximum atomic E-state index is 13.2. The maximum Gasteiger partial charge on any atom is 0.252 e. The Labute approximate surface area is 190 Å². The van der Waals surface area contributed by atoms with Crippen molar-refractivity contribution in [2.75, 3.05) is 51.1 Å². The van der Waals surface area contributed by atoms with Gasteiger partial charge in [-0.25, -0.2) is 4.98 Å². The average Bonchev–Trinajstić information content (AvgIpc) is 3.47. The zero-order valence-electron chi connectivity index (χ0n) is 17.7. The first-order valence-corrected chi connectivity index (χ1v) is 11.6. The Morgan fingerprint density at radius 2 is 1.97 bits per heavy atom. The lowest BCUT2D eigenvalue weighted by atomic mass is 10.2. The number of anilines is 1. The number of nitrogens with zero attached hydrogens (tertiary/aromatic N) is 3. The number of morpholine rings is 1. The number of aromatic nitrogens is 1. The molecule has 0 atom stereocenters. The Morgan fingerprint density at radius 3 is 2.84 bits per heavy atom. The number of amides is 1. The van der Waals surface area contributed by atoms with Gasteiger partial charge < -0.3 is 14.2 Å². The molecule has 1 amide bonds. The van der Waals surface area contributed by atoms with E-state index in [-0.39, 0.29) is 12.7 Å². The van der Waals surface area contributed by atoms with E-state index in [2.05, 4.69) is 4.90 Å². The van der Waals surface area contributed by atoms with Crippen molar-refractivity contribution in [1.29, 1.82) is 0 Å². The van der Waals surface area contributed by atoms with Gasteiger partial charge in [0.05, 0.1) is 23.4 Å². The van der Waals surface area contributed by atoms with Crippen LogP contribution in [0.3, 0.4) is 0 Å².